The van der Waals surface area contributed by atoms with Crippen LogP contribution in [-0.4, -0.2) is 0 Å². The van der Waals surface area contributed by atoms with E-state index < -0.39 is 0 Å². The second-order valence-electron chi connectivity index (χ2n) is 4.50. The summed E-state index contributed by atoms with van der Waals surface area (Å²) in [5.41, 5.74) is -0.0284. The number of nitrogens with zero attached hydrogens (tertiary/aromatic N) is 1. The Bertz CT molecular complexity index is 259. The van der Waals surface area contributed by atoms with Crippen molar-refractivity contribution < 1.29 is 0 Å². The third-order valence-corrected chi connectivity index (χ3v) is 3.67. The van der Waals surface area contributed by atoms with Crippen LogP contribution in [0.2, 0.25) is 0 Å². The number of allylic oxidation sites excluding steroid dienone is 2. The first-order valence-corrected chi connectivity index (χ1v) is 4.78. The van der Waals surface area contributed by atoms with Gasteiger partial charge in [0.15, 0.2) is 0 Å². The third kappa shape index (κ3) is 0.784. The minimum absolute atomic E-state index is 0.0284. The van der Waals surface area contributed by atoms with Gasteiger partial charge < -0.3 is 0 Å². The van der Waals surface area contributed by atoms with Crippen LogP contribution in [0, 0.1) is 34.5 Å². The van der Waals surface area contributed by atoms with E-state index in [9.17, 15) is 5.26 Å². The average Bonchev–Trinajstić information content (AvgIpc) is 2.62. The first-order valence-electron chi connectivity index (χ1n) is 4.78. The van der Waals surface area contributed by atoms with E-state index in [0.717, 1.165) is 6.42 Å². The molecule has 0 radical (unpaired) electrons. The van der Waals surface area contributed by atoms with E-state index in [4.69, 9.17) is 0 Å². The Morgan fingerprint density at radius 3 is 2.50 bits per heavy atom. The first kappa shape index (κ1) is 7.86. The maximum absolute atomic E-state index is 9.23. The largest absolute Gasteiger partial charge is 0.198 e. The van der Waals surface area contributed by atoms with Gasteiger partial charge in [0, 0.05) is 0 Å². The van der Waals surface area contributed by atoms with Crippen molar-refractivity contribution in [3.05, 3.63) is 12.2 Å². The lowest BCUT2D eigenvalue weighted by atomic mass is 9.69. The summed E-state index contributed by atoms with van der Waals surface area (Å²) in [4.78, 5) is 0. The van der Waals surface area contributed by atoms with Crippen molar-refractivity contribution in [1.82, 2.24) is 0 Å². The second-order valence-corrected chi connectivity index (χ2v) is 4.50. The highest BCUT2D eigenvalue weighted by Crippen LogP contribution is 2.55. The van der Waals surface area contributed by atoms with Gasteiger partial charge in [-0.25, -0.2) is 0 Å². The molecule has 0 aliphatic heterocycles. The maximum atomic E-state index is 9.23. The lowest BCUT2D eigenvalue weighted by Gasteiger charge is -2.32. The van der Waals surface area contributed by atoms with E-state index in [1.54, 1.807) is 0 Å². The summed E-state index contributed by atoms with van der Waals surface area (Å²) in [5.74, 6) is 1.76. The fraction of sp³-hybridized carbons (Fsp3) is 0.727. The second kappa shape index (κ2) is 2.36. The van der Waals surface area contributed by atoms with E-state index in [2.05, 4.69) is 32.1 Å². The van der Waals surface area contributed by atoms with Gasteiger partial charge in [-0.3, -0.25) is 0 Å². The van der Waals surface area contributed by atoms with Crippen LogP contribution < -0.4 is 0 Å². The number of rotatable bonds is 1. The van der Waals surface area contributed by atoms with E-state index in [0.29, 0.717) is 17.8 Å². The molecule has 0 unspecified atom stereocenters. The molecule has 2 rings (SSSR count). The van der Waals surface area contributed by atoms with Gasteiger partial charge in [-0.1, -0.05) is 26.0 Å². The molecule has 1 fully saturated rings. The minimum atomic E-state index is -0.0284. The summed E-state index contributed by atoms with van der Waals surface area (Å²) in [6.07, 6.45) is 6.88. The maximum Gasteiger partial charge on any atom is 0.0698 e. The van der Waals surface area contributed by atoms with Gasteiger partial charge in [0.1, 0.15) is 0 Å². The van der Waals surface area contributed by atoms with Crippen LogP contribution in [0.5, 0.6) is 0 Å². The molecule has 1 heteroatoms. The van der Waals surface area contributed by atoms with Gasteiger partial charge in [0.25, 0.3) is 0 Å². The van der Waals surface area contributed by atoms with Gasteiger partial charge in [0.2, 0.25) is 0 Å². The van der Waals surface area contributed by atoms with Gasteiger partial charge in [-0.15, -0.1) is 0 Å². The number of fused-ring (bicyclic) bond motifs is 2. The molecule has 2 aliphatic rings. The molecule has 0 spiro atoms. The van der Waals surface area contributed by atoms with Crippen LogP contribution in [0.3, 0.4) is 0 Å². The van der Waals surface area contributed by atoms with E-state index >= 15 is 0 Å². The predicted octanol–water partition coefficient (Wildman–Crippen LogP) is 2.75. The van der Waals surface area contributed by atoms with Crippen molar-refractivity contribution in [3.63, 3.8) is 0 Å². The molecule has 3 atom stereocenters. The lowest BCUT2D eigenvalue weighted by Crippen LogP contribution is -2.29. The summed E-state index contributed by atoms with van der Waals surface area (Å²) in [5, 5.41) is 9.23. The summed E-state index contributed by atoms with van der Waals surface area (Å²) in [7, 11) is 0. The molecule has 0 amide bonds. The lowest BCUT2D eigenvalue weighted by molar-refractivity contribution is 0.226. The van der Waals surface area contributed by atoms with Crippen molar-refractivity contribution in [2.24, 2.45) is 23.2 Å². The Balaban J connectivity index is 2.33. The van der Waals surface area contributed by atoms with Crippen molar-refractivity contribution in [2.75, 3.05) is 0 Å². The molecule has 0 heterocycles. The normalized spacial score (nSPS) is 43.8. The highest BCUT2D eigenvalue weighted by molar-refractivity contribution is 5.22. The molecule has 64 valence electrons. The Morgan fingerprint density at radius 1 is 1.50 bits per heavy atom. The molecular formula is C11H15N. The topological polar surface area (TPSA) is 23.8 Å². The van der Waals surface area contributed by atoms with Crippen molar-refractivity contribution in [3.8, 4) is 6.07 Å². The summed E-state index contributed by atoms with van der Waals surface area (Å²) < 4.78 is 0. The molecule has 0 saturated heterocycles. The standard InChI is InChI=1S/C11H15N/c1-8(2)11(7-12)6-9-3-4-10(11)5-9/h3-4,8-10H,5-6H2,1-2H3/t9-,10+,11-/m1/s1. The van der Waals surface area contributed by atoms with Crippen LogP contribution in [0.4, 0.5) is 0 Å². The Hall–Kier alpha value is -0.770. The Kier molecular flexibility index (Phi) is 1.54. The number of hydrogen-bond donors (Lipinski definition) is 0. The molecule has 0 N–H and O–H groups in total. The minimum Gasteiger partial charge on any atom is -0.198 e. The van der Waals surface area contributed by atoms with Gasteiger partial charge in [-0.2, -0.15) is 5.26 Å². The van der Waals surface area contributed by atoms with Crippen LogP contribution in [0.15, 0.2) is 12.2 Å². The molecule has 0 aromatic carbocycles. The molecule has 0 aromatic heterocycles. The van der Waals surface area contributed by atoms with Gasteiger partial charge in [0.05, 0.1) is 11.5 Å². The monoisotopic (exact) mass is 161 g/mol. The van der Waals surface area contributed by atoms with Crippen LogP contribution in [0.25, 0.3) is 0 Å². The zero-order valence-electron chi connectivity index (χ0n) is 7.75. The average molecular weight is 161 g/mol. The van der Waals surface area contributed by atoms with Crippen molar-refractivity contribution in [1.29, 1.82) is 5.26 Å². The summed E-state index contributed by atoms with van der Waals surface area (Å²) in [6.45, 7) is 4.36. The smallest absolute Gasteiger partial charge is 0.0698 e. The fourth-order valence-electron chi connectivity index (χ4n) is 2.81. The van der Waals surface area contributed by atoms with Crippen molar-refractivity contribution >= 4 is 0 Å². The Labute approximate surface area is 74.1 Å². The van der Waals surface area contributed by atoms with Crippen LogP contribution >= 0.6 is 0 Å². The molecule has 12 heavy (non-hydrogen) atoms. The SMILES string of the molecule is CC(C)[C@]1(C#N)C[C@@H]2C=C[C@H]1C2. The molecule has 1 saturated carbocycles. The number of nitriles is 1. The van der Waals surface area contributed by atoms with E-state index in [1.807, 2.05) is 0 Å². The van der Waals surface area contributed by atoms with Crippen LogP contribution in [0.1, 0.15) is 26.7 Å². The zero-order chi connectivity index (χ0) is 8.77. The molecule has 1 nitrogen and oxygen atoms in total. The summed E-state index contributed by atoms with van der Waals surface area (Å²) in [6, 6.07) is 2.56. The van der Waals surface area contributed by atoms with E-state index in [1.165, 1.54) is 6.42 Å². The third-order valence-electron chi connectivity index (χ3n) is 3.67. The molecule has 2 aliphatic carbocycles. The highest BCUT2D eigenvalue weighted by atomic mass is 14.5. The first-order chi connectivity index (χ1) is 5.69. The van der Waals surface area contributed by atoms with Crippen LogP contribution in [-0.2, 0) is 0 Å². The zero-order valence-corrected chi connectivity index (χ0v) is 7.75. The fourth-order valence-corrected chi connectivity index (χ4v) is 2.81. The summed E-state index contributed by atoms with van der Waals surface area (Å²) >= 11 is 0. The van der Waals surface area contributed by atoms with E-state index in [-0.39, 0.29) is 5.41 Å². The Morgan fingerprint density at radius 2 is 2.25 bits per heavy atom. The quantitative estimate of drug-likeness (QED) is 0.542. The van der Waals surface area contributed by atoms with Gasteiger partial charge >= 0.3 is 0 Å². The predicted molar refractivity (Wildman–Crippen MR) is 48.2 cm³/mol. The molecule has 2 bridgehead atoms. The molecular weight excluding hydrogens is 146 g/mol. The van der Waals surface area contributed by atoms with Crippen molar-refractivity contribution in [2.45, 2.75) is 26.7 Å². The van der Waals surface area contributed by atoms with Gasteiger partial charge in [-0.05, 0) is 30.6 Å². The number of hydrogen-bond acceptors (Lipinski definition) is 1. The molecule has 0 aromatic rings. The highest BCUT2D eigenvalue weighted by Gasteiger charge is 2.50.